The number of amides is 1. The first-order chi connectivity index (χ1) is 16.5. The molecule has 1 aliphatic heterocycles. The lowest BCUT2D eigenvalue weighted by atomic mass is 10.0. The van der Waals surface area contributed by atoms with Crippen LogP contribution in [0.15, 0.2) is 66.7 Å². The second-order valence-electron chi connectivity index (χ2n) is 8.53. The van der Waals surface area contributed by atoms with E-state index in [1.54, 1.807) is 25.3 Å². The monoisotopic (exact) mass is 459 g/mol. The molecule has 1 N–H and O–H groups in total. The molecule has 4 rings (SSSR count). The lowest BCUT2D eigenvalue weighted by molar-refractivity contribution is -0.385. The summed E-state index contributed by atoms with van der Waals surface area (Å²) in [5.74, 6) is 0.209. The van der Waals surface area contributed by atoms with Gasteiger partial charge in [-0.15, -0.1) is 0 Å². The molecule has 34 heavy (non-hydrogen) atoms. The van der Waals surface area contributed by atoms with Crippen molar-refractivity contribution in [1.82, 2.24) is 10.2 Å². The van der Waals surface area contributed by atoms with Gasteiger partial charge in [-0.2, -0.15) is 0 Å². The predicted octanol–water partition coefficient (Wildman–Crippen LogP) is 4.84. The van der Waals surface area contributed by atoms with Crippen LogP contribution in [0.25, 0.3) is 11.1 Å². The second kappa shape index (κ2) is 10.9. The third-order valence-electron chi connectivity index (χ3n) is 6.17. The van der Waals surface area contributed by atoms with E-state index in [1.165, 1.54) is 43.6 Å². The second-order valence-corrected chi connectivity index (χ2v) is 8.53. The van der Waals surface area contributed by atoms with Crippen molar-refractivity contribution in [3.05, 3.63) is 93.5 Å². The number of hydrogen-bond donors (Lipinski definition) is 1. The molecule has 0 saturated carbocycles. The van der Waals surface area contributed by atoms with Crippen molar-refractivity contribution in [1.29, 1.82) is 0 Å². The first kappa shape index (κ1) is 23.4. The molecule has 1 saturated heterocycles. The topological polar surface area (TPSA) is 84.7 Å². The maximum atomic E-state index is 12.7. The van der Waals surface area contributed by atoms with E-state index in [1.807, 2.05) is 12.1 Å². The van der Waals surface area contributed by atoms with Gasteiger partial charge >= 0.3 is 0 Å². The SMILES string of the molecule is COc1cccc(-c2ccc(C(=O)NCCc3ccc(CN4CCCC4)cc3)c([N+](=O)[O-])c2)c1. The van der Waals surface area contributed by atoms with E-state index in [9.17, 15) is 14.9 Å². The van der Waals surface area contributed by atoms with Gasteiger partial charge < -0.3 is 10.1 Å². The van der Waals surface area contributed by atoms with Crippen molar-refractivity contribution in [3.8, 4) is 16.9 Å². The highest BCUT2D eigenvalue weighted by Gasteiger charge is 2.21. The normalized spacial score (nSPS) is 13.6. The van der Waals surface area contributed by atoms with Gasteiger partial charge in [0.15, 0.2) is 0 Å². The minimum absolute atomic E-state index is 0.0533. The first-order valence-corrected chi connectivity index (χ1v) is 11.5. The molecule has 0 spiro atoms. The van der Waals surface area contributed by atoms with E-state index in [0.717, 1.165) is 17.7 Å². The Bertz CT molecular complexity index is 1150. The van der Waals surface area contributed by atoms with Crippen LogP contribution in [-0.2, 0) is 13.0 Å². The van der Waals surface area contributed by atoms with Gasteiger partial charge in [0.2, 0.25) is 0 Å². The zero-order chi connectivity index (χ0) is 23.9. The third-order valence-corrected chi connectivity index (χ3v) is 6.17. The van der Waals surface area contributed by atoms with Gasteiger partial charge in [0.05, 0.1) is 12.0 Å². The Morgan fingerprint density at radius 3 is 2.41 bits per heavy atom. The lowest BCUT2D eigenvalue weighted by Gasteiger charge is -2.14. The third kappa shape index (κ3) is 5.80. The molecule has 0 atom stereocenters. The number of likely N-dealkylation sites (tertiary alicyclic amines) is 1. The molecule has 0 aromatic heterocycles. The first-order valence-electron chi connectivity index (χ1n) is 11.5. The molecule has 3 aromatic rings. The summed E-state index contributed by atoms with van der Waals surface area (Å²) in [5.41, 5.74) is 3.68. The minimum atomic E-state index is -0.516. The fourth-order valence-corrected chi connectivity index (χ4v) is 4.28. The number of rotatable bonds is 9. The van der Waals surface area contributed by atoms with Crippen LogP contribution in [0.3, 0.4) is 0 Å². The Kier molecular flexibility index (Phi) is 7.54. The average molecular weight is 460 g/mol. The van der Waals surface area contributed by atoms with Gasteiger partial charge in [0, 0.05) is 19.2 Å². The fraction of sp³-hybridized carbons (Fsp3) is 0.296. The molecule has 1 amide bonds. The number of nitrogens with zero attached hydrogens (tertiary/aromatic N) is 2. The van der Waals surface area contributed by atoms with Gasteiger partial charge in [-0.3, -0.25) is 19.8 Å². The smallest absolute Gasteiger partial charge is 0.282 e. The molecular weight excluding hydrogens is 430 g/mol. The van der Waals surface area contributed by atoms with Crippen molar-refractivity contribution in [2.75, 3.05) is 26.7 Å². The molecule has 0 unspecified atom stereocenters. The van der Waals surface area contributed by atoms with E-state index in [0.29, 0.717) is 24.3 Å². The highest BCUT2D eigenvalue weighted by molar-refractivity contribution is 5.99. The van der Waals surface area contributed by atoms with E-state index in [-0.39, 0.29) is 11.3 Å². The zero-order valence-corrected chi connectivity index (χ0v) is 19.3. The molecular formula is C27H29N3O4. The van der Waals surface area contributed by atoms with Crippen molar-refractivity contribution in [2.24, 2.45) is 0 Å². The quantitative estimate of drug-likeness (QED) is 0.366. The standard InChI is InChI=1S/C27H29N3O4/c1-34-24-6-4-5-22(17-24)23-11-12-25(26(18-23)30(32)33)27(31)28-14-13-20-7-9-21(10-8-20)19-29-15-2-3-16-29/h4-12,17-18H,2-3,13-16,19H2,1H3,(H,28,31). The molecule has 0 aliphatic carbocycles. The van der Waals surface area contributed by atoms with Gasteiger partial charge in [0.1, 0.15) is 11.3 Å². The van der Waals surface area contributed by atoms with Crippen molar-refractivity contribution < 1.29 is 14.5 Å². The molecule has 176 valence electrons. The molecule has 1 aliphatic rings. The summed E-state index contributed by atoms with van der Waals surface area (Å²) in [6.45, 7) is 3.71. The Hall–Kier alpha value is -3.71. The van der Waals surface area contributed by atoms with Crippen LogP contribution in [0.1, 0.15) is 34.3 Å². The molecule has 7 heteroatoms. The van der Waals surface area contributed by atoms with E-state index in [2.05, 4.69) is 34.5 Å². The number of nitrogens with one attached hydrogen (secondary N) is 1. The summed E-state index contributed by atoms with van der Waals surface area (Å²) < 4.78 is 5.23. The maximum absolute atomic E-state index is 12.7. The van der Waals surface area contributed by atoms with Crippen LogP contribution in [-0.4, -0.2) is 42.5 Å². The summed E-state index contributed by atoms with van der Waals surface area (Å²) >= 11 is 0. The minimum Gasteiger partial charge on any atom is -0.497 e. The van der Waals surface area contributed by atoms with E-state index in [4.69, 9.17) is 4.74 Å². The lowest BCUT2D eigenvalue weighted by Crippen LogP contribution is -2.26. The predicted molar refractivity (Wildman–Crippen MR) is 132 cm³/mol. The molecule has 0 radical (unpaired) electrons. The van der Waals surface area contributed by atoms with Gasteiger partial charge in [-0.1, -0.05) is 42.5 Å². The van der Waals surface area contributed by atoms with Crippen molar-refractivity contribution >= 4 is 11.6 Å². The average Bonchev–Trinajstić information content (AvgIpc) is 3.37. The number of nitro groups is 1. The van der Waals surface area contributed by atoms with E-state index < -0.39 is 10.8 Å². The van der Waals surface area contributed by atoms with Crippen LogP contribution in [0, 0.1) is 10.1 Å². The van der Waals surface area contributed by atoms with Crippen LogP contribution in [0.2, 0.25) is 0 Å². The highest BCUT2D eigenvalue weighted by atomic mass is 16.6. The summed E-state index contributed by atoms with van der Waals surface area (Å²) in [7, 11) is 1.57. The van der Waals surface area contributed by atoms with Crippen LogP contribution < -0.4 is 10.1 Å². The van der Waals surface area contributed by atoms with Crippen LogP contribution >= 0.6 is 0 Å². The number of nitro benzene ring substituents is 1. The fourth-order valence-electron chi connectivity index (χ4n) is 4.28. The number of carbonyl (C=O) groups excluding carboxylic acids is 1. The highest BCUT2D eigenvalue weighted by Crippen LogP contribution is 2.29. The Morgan fingerprint density at radius 1 is 1.00 bits per heavy atom. The van der Waals surface area contributed by atoms with E-state index >= 15 is 0 Å². The Labute approximate surface area is 199 Å². The van der Waals surface area contributed by atoms with Crippen LogP contribution in [0.5, 0.6) is 5.75 Å². The summed E-state index contributed by atoms with van der Waals surface area (Å²) in [6, 6.07) is 20.4. The van der Waals surface area contributed by atoms with Gasteiger partial charge in [-0.05, 0) is 72.8 Å². The Balaban J connectivity index is 1.38. The summed E-state index contributed by atoms with van der Waals surface area (Å²) in [4.78, 5) is 26.3. The van der Waals surface area contributed by atoms with Gasteiger partial charge in [-0.25, -0.2) is 0 Å². The van der Waals surface area contributed by atoms with Crippen molar-refractivity contribution in [2.45, 2.75) is 25.8 Å². The van der Waals surface area contributed by atoms with Gasteiger partial charge in [0.25, 0.3) is 11.6 Å². The summed E-state index contributed by atoms with van der Waals surface area (Å²) in [5, 5.41) is 14.5. The molecule has 1 heterocycles. The number of benzene rings is 3. The van der Waals surface area contributed by atoms with Crippen molar-refractivity contribution in [3.63, 3.8) is 0 Å². The van der Waals surface area contributed by atoms with Crippen LogP contribution in [0.4, 0.5) is 5.69 Å². The molecule has 3 aromatic carbocycles. The maximum Gasteiger partial charge on any atom is 0.282 e. The number of carbonyl (C=O) groups is 1. The Morgan fingerprint density at radius 2 is 1.71 bits per heavy atom. The largest absolute Gasteiger partial charge is 0.497 e. The number of hydrogen-bond acceptors (Lipinski definition) is 5. The molecule has 0 bridgehead atoms. The number of methoxy groups -OCH3 is 1. The molecule has 1 fully saturated rings. The summed E-state index contributed by atoms with van der Waals surface area (Å²) in [6.07, 6.45) is 3.21. The zero-order valence-electron chi connectivity index (χ0n) is 19.3. The number of ether oxygens (including phenoxy) is 1. The molecule has 7 nitrogen and oxygen atoms in total.